The van der Waals surface area contributed by atoms with E-state index in [1.165, 1.54) is 12.0 Å². The molecule has 0 unspecified atom stereocenters. The van der Waals surface area contributed by atoms with Crippen LogP contribution in [-0.4, -0.2) is 4.98 Å². The Kier molecular flexibility index (Phi) is 4.57. The summed E-state index contributed by atoms with van der Waals surface area (Å²) < 4.78 is 0. The van der Waals surface area contributed by atoms with E-state index in [2.05, 4.69) is 41.4 Å². The van der Waals surface area contributed by atoms with Gasteiger partial charge in [0.25, 0.3) is 0 Å². The van der Waals surface area contributed by atoms with E-state index in [4.69, 9.17) is 11.6 Å². The van der Waals surface area contributed by atoms with E-state index in [1.54, 1.807) is 6.20 Å². The SMILES string of the molecule is Clc1ncccc1CCCCc1ccccc1. The van der Waals surface area contributed by atoms with E-state index < -0.39 is 0 Å². The molecule has 88 valence electrons. The highest BCUT2D eigenvalue weighted by Gasteiger charge is 2.00. The normalized spacial score (nSPS) is 10.4. The van der Waals surface area contributed by atoms with Crippen LogP contribution in [0.25, 0.3) is 0 Å². The maximum absolute atomic E-state index is 6.01. The lowest BCUT2D eigenvalue weighted by Crippen LogP contribution is -1.91. The Morgan fingerprint density at radius 3 is 2.41 bits per heavy atom. The van der Waals surface area contributed by atoms with Crippen LogP contribution in [0.2, 0.25) is 5.15 Å². The Labute approximate surface area is 107 Å². The predicted molar refractivity (Wildman–Crippen MR) is 72.3 cm³/mol. The van der Waals surface area contributed by atoms with Gasteiger partial charge in [-0.2, -0.15) is 0 Å². The third-order valence-electron chi connectivity index (χ3n) is 2.84. The minimum absolute atomic E-state index is 0.646. The van der Waals surface area contributed by atoms with Gasteiger partial charge in [0, 0.05) is 6.20 Å². The van der Waals surface area contributed by atoms with Crippen LogP contribution >= 0.6 is 11.6 Å². The Balaban J connectivity index is 1.76. The molecule has 1 heterocycles. The van der Waals surface area contributed by atoms with Crippen molar-refractivity contribution in [1.82, 2.24) is 4.98 Å². The molecule has 0 spiro atoms. The molecule has 0 aliphatic rings. The first-order chi connectivity index (χ1) is 8.36. The average Bonchev–Trinajstić information content (AvgIpc) is 2.38. The largest absolute Gasteiger partial charge is 0.244 e. The quantitative estimate of drug-likeness (QED) is 0.565. The van der Waals surface area contributed by atoms with Crippen LogP contribution in [-0.2, 0) is 12.8 Å². The number of hydrogen-bond acceptors (Lipinski definition) is 1. The monoisotopic (exact) mass is 245 g/mol. The zero-order valence-electron chi connectivity index (χ0n) is 9.77. The summed E-state index contributed by atoms with van der Waals surface area (Å²) in [6.45, 7) is 0. The van der Waals surface area contributed by atoms with Crippen molar-refractivity contribution in [3.05, 3.63) is 64.9 Å². The summed E-state index contributed by atoms with van der Waals surface area (Å²) in [7, 11) is 0. The van der Waals surface area contributed by atoms with Crippen molar-refractivity contribution in [2.45, 2.75) is 25.7 Å². The minimum Gasteiger partial charge on any atom is -0.244 e. The molecule has 0 bridgehead atoms. The number of unbranched alkanes of at least 4 members (excludes halogenated alkanes) is 1. The van der Waals surface area contributed by atoms with Crippen LogP contribution < -0.4 is 0 Å². The standard InChI is InChI=1S/C15H16ClN/c16-15-14(11-6-12-17-15)10-5-4-9-13-7-2-1-3-8-13/h1-3,6-8,11-12H,4-5,9-10H2. The fraction of sp³-hybridized carbons (Fsp3) is 0.267. The molecule has 0 saturated carbocycles. The lowest BCUT2D eigenvalue weighted by molar-refractivity contribution is 0.733. The van der Waals surface area contributed by atoms with E-state index in [0.29, 0.717) is 5.15 Å². The van der Waals surface area contributed by atoms with Gasteiger partial charge in [0.15, 0.2) is 0 Å². The Hall–Kier alpha value is -1.34. The molecule has 0 N–H and O–H groups in total. The number of aryl methyl sites for hydroxylation is 2. The van der Waals surface area contributed by atoms with Crippen molar-refractivity contribution in [3.63, 3.8) is 0 Å². The Morgan fingerprint density at radius 2 is 1.65 bits per heavy atom. The van der Waals surface area contributed by atoms with Crippen LogP contribution in [0.5, 0.6) is 0 Å². The third-order valence-corrected chi connectivity index (χ3v) is 3.18. The maximum Gasteiger partial charge on any atom is 0.132 e. The van der Waals surface area contributed by atoms with E-state index in [9.17, 15) is 0 Å². The lowest BCUT2D eigenvalue weighted by atomic mass is 10.0. The molecule has 0 radical (unpaired) electrons. The Bertz CT molecular complexity index is 453. The van der Waals surface area contributed by atoms with Gasteiger partial charge in [0.2, 0.25) is 0 Å². The van der Waals surface area contributed by atoms with E-state index in [-0.39, 0.29) is 0 Å². The second-order valence-electron chi connectivity index (χ2n) is 4.15. The van der Waals surface area contributed by atoms with Gasteiger partial charge < -0.3 is 0 Å². The van der Waals surface area contributed by atoms with Gasteiger partial charge in [-0.1, -0.05) is 48.0 Å². The molecule has 2 heteroatoms. The predicted octanol–water partition coefficient (Wildman–Crippen LogP) is 4.30. The molecule has 0 fully saturated rings. The number of rotatable bonds is 5. The van der Waals surface area contributed by atoms with E-state index in [0.717, 1.165) is 24.8 Å². The topological polar surface area (TPSA) is 12.9 Å². The number of hydrogen-bond donors (Lipinski definition) is 0. The van der Waals surface area contributed by atoms with Crippen molar-refractivity contribution in [3.8, 4) is 0 Å². The summed E-state index contributed by atoms with van der Waals surface area (Å²) in [5.74, 6) is 0. The van der Waals surface area contributed by atoms with Crippen LogP contribution in [0.3, 0.4) is 0 Å². The van der Waals surface area contributed by atoms with E-state index in [1.807, 2.05) is 6.07 Å². The van der Waals surface area contributed by atoms with Crippen LogP contribution in [0.4, 0.5) is 0 Å². The molecular weight excluding hydrogens is 230 g/mol. The molecular formula is C15H16ClN. The average molecular weight is 246 g/mol. The van der Waals surface area contributed by atoms with Crippen molar-refractivity contribution < 1.29 is 0 Å². The summed E-state index contributed by atoms with van der Waals surface area (Å²) in [5.41, 5.74) is 2.56. The fourth-order valence-electron chi connectivity index (χ4n) is 1.90. The second-order valence-corrected chi connectivity index (χ2v) is 4.50. The first kappa shape index (κ1) is 12.1. The number of aromatic nitrogens is 1. The summed E-state index contributed by atoms with van der Waals surface area (Å²) in [6.07, 6.45) is 6.23. The fourth-order valence-corrected chi connectivity index (χ4v) is 2.11. The highest BCUT2D eigenvalue weighted by molar-refractivity contribution is 6.30. The molecule has 17 heavy (non-hydrogen) atoms. The number of benzene rings is 1. The highest BCUT2D eigenvalue weighted by atomic mass is 35.5. The molecule has 2 aromatic rings. The number of halogens is 1. The van der Waals surface area contributed by atoms with Crippen molar-refractivity contribution in [2.24, 2.45) is 0 Å². The summed E-state index contributed by atoms with van der Waals surface area (Å²) in [6, 6.07) is 14.6. The van der Waals surface area contributed by atoms with Gasteiger partial charge in [-0.15, -0.1) is 0 Å². The van der Waals surface area contributed by atoms with Crippen LogP contribution in [0, 0.1) is 0 Å². The van der Waals surface area contributed by atoms with Gasteiger partial charge in [0.1, 0.15) is 5.15 Å². The Morgan fingerprint density at radius 1 is 0.882 bits per heavy atom. The number of pyridine rings is 1. The minimum atomic E-state index is 0.646. The lowest BCUT2D eigenvalue weighted by Gasteiger charge is -2.03. The second kappa shape index (κ2) is 6.41. The van der Waals surface area contributed by atoms with Crippen LogP contribution in [0.15, 0.2) is 48.7 Å². The highest BCUT2D eigenvalue weighted by Crippen LogP contribution is 2.15. The maximum atomic E-state index is 6.01. The first-order valence-corrected chi connectivity index (χ1v) is 6.37. The zero-order chi connectivity index (χ0) is 11.9. The summed E-state index contributed by atoms with van der Waals surface area (Å²) in [4.78, 5) is 4.08. The van der Waals surface area contributed by atoms with Gasteiger partial charge in [-0.05, 0) is 42.9 Å². The van der Waals surface area contributed by atoms with Gasteiger partial charge in [0.05, 0.1) is 0 Å². The molecule has 2 rings (SSSR count). The molecule has 0 aliphatic heterocycles. The summed E-state index contributed by atoms with van der Waals surface area (Å²) in [5, 5.41) is 0.646. The van der Waals surface area contributed by atoms with Crippen molar-refractivity contribution in [1.29, 1.82) is 0 Å². The van der Waals surface area contributed by atoms with E-state index >= 15 is 0 Å². The molecule has 0 atom stereocenters. The zero-order valence-corrected chi connectivity index (χ0v) is 10.5. The molecule has 0 aliphatic carbocycles. The first-order valence-electron chi connectivity index (χ1n) is 5.99. The molecule has 1 aromatic carbocycles. The third kappa shape index (κ3) is 3.86. The smallest absolute Gasteiger partial charge is 0.132 e. The molecule has 1 aromatic heterocycles. The summed E-state index contributed by atoms with van der Waals surface area (Å²) >= 11 is 6.01. The molecule has 0 saturated heterocycles. The number of nitrogens with zero attached hydrogens (tertiary/aromatic N) is 1. The van der Waals surface area contributed by atoms with Crippen molar-refractivity contribution >= 4 is 11.6 Å². The van der Waals surface area contributed by atoms with Crippen LogP contribution in [0.1, 0.15) is 24.0 Å². The van der Waals surface area contributed by atoms with Gasteiger partial charge in [-0.25, -0.2) is 4.98 Å². The van der Waals surface area contributed by atoms with Gasteiger partial charge in [-0.3, -0.25) is 0 Å². The molecule has 0 amide bonds. The van der Waals surface area contributed by atoms with Gasteiger partial charge >= 0.3 is 0 Å². The molecule has 1 nitrogen and oxygen atoms in total. The van der Waals surface area contributed by atoms with Crippen molar-refractivity contribution in [2.75, 3.05) is 0 Å².